The molecule has 1 aliphatic heterocycles. The topological polar surface area (TPSA) is 44.9 Å². The largest absolute Gasteiger partial charge is 0.297 e. The molecular formula is C13H20N4S. The van der Waals surface area contributed by atoms with Gasteiger partial charge in [-0.3, -0.25) is 9.58 Å². The summed E-state index contributed by atoms with van der Waals surface area (Å²) >= 11 is 1.70. The van der Waals surface area contributed by atoms with E-state index >= 15 is 0 Å². The van der Waals surface area contributed by atoms with Crippen molar-refractivity contribution in [2.75, 3.05) is 19.3 Å². The summed E-state index contributed by atoms with van der Waals surface area (Å²) in [4.78, 5) is 2.42. The summed E-state index contributed by atoms with van der Waals surface area (Å²) < 4.78 is 1.80. The molecule has 0 N–H and O–H groups in total. The minimum atomic E-state index is -0.154. The van der Waals surface area contributed by atoms with Crippen LogP contribution in [0.2, 0.25) is 0 Å². The molecule has 1 aromatic heterocycles. The molecule has 0 saturated carbocycles. The van der Waals surface area contributed by atoms with E-state index in [-0.39, 0.29) is 4.75 Å². The number of nitriles is 1. The lowest BCUT2D eigenvalue weighted by Gasteiger charge is -2.36. The summed E-state index contributed by atoms with van der Waals surface area (Å²) in [7, 11) is 1.99. The molecule has 0 spiro atoms. The summed E-state index contributed by atoms with van der Waals surface area (Å²) in [5.74, 6) is 0. The molecule has 2 heterocycles. The first-order valence-corrected chi connectivity index (χ1v) is 7.49. The van der Waals surface area contributed by atoms with Crippen LogP contribution in [-0.2, 0) is 13.6 Å². The number of aromatic nitrogens is 2. The van der Waals surface area contributed by atoms with Gasteiger partial charge in [-0.1, -0.05) is 0 Å². The lowest BCUT2D eigenvalue weighted by molar-refractivity contribution is 0.204. The first-order chi connectivity index (χ1) is 8.58. The molecule has 0 atom stereocenters. The molecule has 0 amide bonds. The van der Waals surface area contributed by atoms with Gasteiger partial charge in [-0.2, -0.15) is 10.4 Å². The van der Waals surface area contributed by atoms with Gasteiger partial charge >= 0.3 is 0 Å². The Morgan fingerprint density at radius 1 is 1.50 bits per heavy atom. The molecule has 4 nitrogen and oxygen atoms in total. The zero-order chi connectivity index (χ0) is 13.2. The van der Waals surface area contributed by atoms with Crippen molar-refractivity contribution in [3.63, 3.8) is 0 Å². The summed E-state index contributed by atoms with van der Waals surface area (Å²) in [5, 5.41) is 13.6. The van der Waals surface area contributed by atoms with Crippen LogP contribution in [0.4, 0.5) is 0 Å². The predicted octanol–water partition coefficient (Wildman–Crippen LogP) is 1.95. The summed E-state index contributed by atoms with van der Waals surface area (Å²) in [6, 6.07) is 4.63. The highest BCUT2D eigenvalue weighted by molar-refractivity contribution is 8.00. The van der Waals surface area contributed by atoms with Crippen LogP contribution in [-0.4, -0.2) is 38.8 Å². The first kappa shape index (κ1) is 13.4. The van der Waals surface area contributed by atoms with Crippen molar-refractivity contribution >= 4 is 11.8 Å². The van der Waals surface area contributed by atoms with Crippen LogP contribution in [0.25, 0.3) is 0 Å². The number of likely N-dealkylation sites (tertiary alicyclic amines) is 1. The molecule has 1 aliphatic rings. The Morgan fingerprint density at radius 2 is 2.17 bits per heavy atom. The third-order valence-corrected chi connectivity index (χ3v) is 5.02. The fraction of sp³-hybridized carbons (Fsp3) is 0.692. The minimum Gasteiger partial charge on any atom is -0.297 e. The zero-order valence-electron chi connectivity index (χ0n) is 11.3. The van der Waals surface area contributed by atoms with Crippen LogP contribution >= 0.6 is 11.8 Å². The number of thioether (sulfide) groups is 1. The quantitative estimate of drug-likeness (QED) is 0.837. The molecule has 98 valence electrons. The van der Waals surface area contributed by atoms with Crippen molar-refractivity contribution in [1.29, 1.82) is 5.26 Å². The molecule has 0 radical (unpaired) electrons. The van der Waals surface area contributed by atoms with Crippen molar-refractivity contribution in [3.8, 4) is 6.07 Å². The smallest absolute Gasteiger partial charge is 0.104 e. The maximum Gasteiger partial charge on any atom is 0.104 e. The lowest BCUT2D eigenvalue weighted by Crippen LogP contribution is -2.41. The average Bonchev–Trinajstić information content (AvgIpc) is 2.69. The van der Waals surface area contributed by atoms with E-state index in [9.17, 15) is 5.26 Å². The maximum atomic E-state index is 9.26. The molecule has 18 heavy (non-hydrogen) atoms. The third kappa shape index (κ3) is 2.70. The van der Waals surface area contributed by atoms with Gasteiger partial charge < -0.3 is 0 Å². The fourth-order valence-electron chi connectivity index (χ4n) is 2.48. The number of piperidine rings is 1. The maximum absolute atomic E-state index is 9.26. The van der Waals surface area contributed by atoms with E-state index in [0.29, 0.717) is 0 Å². The van der Waals surface area contributed by atoms with Gasteiger partial charge in [-0.25, -0.2) is 0 Å². The Bertz CT molecular complexity index is 452. The minimum absolute atomic E-state index is 0.154. The second-order valence-electron chi connectivity index (χ2n) is 4.99. The summed E-state index contributed by atoms with van der Waals surface area (Å²) in [6.07, 6.45) is 3.96. The van der Waals surface area contributed by atoms with E-state index in [4.69, 9.17) is 0 Å². The normalized spacial score (nSPS) is 19.7. The van der Waals surface area contributed by atoms with E-state index < -0.39 is 0 Å². The Balaban J connectivity index is 1.95. The number of rotatable bonds is 3. The van der Waals surface area contributed by atoms with E-state index in [1.54, 1.807) is 11.8 Å². The van der Waals surface area contributed by atoms with Gasteiger partial charge in [0.2, 0.25) is 0 Å². The van der Waals surface area contributed by atoms with Gasteiger partial charge in [0.1, 0.15) is 4.75 Å². The standard InChI is InChI=1S/C13H20N4S/c1-11-8-12(16(2)15-11)9-17-6-4-13(10-14,18-3)5-7-17/h8H,4-7,9H2,1-3H3. The van der Waals surface area contributed by atoms with Crippen LogP contribution in [0.3, 0.4) is 0 Å². The highest BCUT2D eigenvalue weighted by Gasteiger charge is 2.33. The number of nitrogens with zero attached hydrogens (tertiary/aromatic N) is 4. The molecular weight excluding hydrogens is 244 g/mol. The van der Waals surface area contributed by atoms with Crippen molar-refractivity contribution in [3.05, 3.63) is 17.5 Å². The summed E-state index contributed by atoms with van der Waals surface area (Å²) in [5.41, 5.74) is 2.32. The van der Waals surface area contributed by atoms with Gasteiger partial charge in [0, 0.05) is 26.7 Å². The Labute approximate surface area is 113 Å². The van der Waals surface area contributed by atoms with Crippen LogP contribution in [0.5, 0.6) is 0 Å². The molecule has 1 saturated heterocycles. The second kappa shape index (κ2) is 5.33. The molecule has 0 aromatic carbocycles. The average molecular weight is 264 g/mol. The number of hydrogen-bond donors (Lipinski definition) is 0. The van der Waals surface area contributed by atoms with Gasteiger partial charge in [-0.15, -0.1) is 11.8 Å². The number of aryl methyl sites for hydroxylation is 2. The van der Waals surface area contributed by atoms with E-state index in [1.165, 1.54) is 5.69 Å². The first-order valence-electron chi connectivity index (χ1n) is 6.27. The highest BCUT2D eigenvalue weighted by atomic mass is 32.2. The summed E-state index contributed by atoms with van der Waals surface area (Å²) in [6.45, 7) is 4.96. The van der Waals surface area contributed by atoms with Gasteiger partial charge in [0.15, 0.2) is 0 Å². The molecule has 0 bridgehead atoms. The number of hydrogen-bond acceptors (Lipinski definition) is 4. The molecule has 1 aromatic rings. The van der Waals surface area contributed by atoms with E-state index in [2.05, 4.69) is 22.1 Å². The van der Waals surface area contributed by atoms with E-state index in [0.717, 1.165) is 38.2 Å². The van der Waals surface area contributed by atoms with Crippen molar-refractivity contribution in [1.82, 2.24) is 14.7 Å². The van der Waals surface area contributed by atoms with Crippen molar-refractivity contribution < 1.29 is 0 Å². The van der Waals surface area contributed by atoms with Crippen LogP contribution in [0.15, 0.2) is 6.07 Å². The van der Waals surface area contributed by atoms with Gasteiger partial charge in [0.05, 0.1) is 17.5 Å². The molecule has 5 heteroatoms. The van der Waals surface area contributed by atoms with Crippen molar-refractivity contribution in [2.24, 2.45) is 7.05 Å². The SMILES string of the molecule is CSC1(C#N)CCN(Cc2cc(C)nn2C)CC1. The van der Waals surface area contributed by atoms with Gasteiger partial charge in [-0.05, 0) is 32.1 Å². The Morgan fingerprint density at radius 3 is 2.61 bits per heavy atom. The van der Waals surface area contributed by atoms with Crippen LogP contribution < -0.4 is 0 Å². The molecule has 0 aliphatic carbocycles. The fourth-order valence-corrected chi connectivity index (χ4v) is 3.16. The third-order valence-electron chi connectivity index (χ3n) is 3.74. The molecule has 0 unspecified atom stereocenters. The Hall–Kier alpha value is -0.990. The van der Waals surface area contributed by atoms with E-state index in [1.807, 2.05) is 24.9 Å². The molecule has 2 rings (SSSR count). The second-order valence-corrected chi connectivity index (χ2v) is 6.18. The predicted molar refractivity (Wildman–Crippen MR) is 74.3 cm³/mol. The highest BCUT2D eigenvalue weighted by Crippen LogP contribution is 2.34. The Kier molecular flexibility index (Phi) is 3.98. The lowest BCUT2D eigenvalue weighted by atomic mass is 9.97. The van der Waals surface area contributed by atoms with Crippen molar-refractivity contribution in [2.45, 2.75) is 31.1 Å². The molecule has 1 fully saturated rings. The van der Waals surface area contributed by atoms with Crippen LogP contribution in [0, 0.1) is 18.3 Å². The van der Waals surface area contributed by atoms with Gasteiger partial charge in [0.25, 0.3) is 0 Å². The monoisotopic (exact) mass is 264 g/mol. The zero-order valence-corrected chi connectivity index (χ0v) is 12.1. The van der Waals surface area contributed by atoms with Crippen LogP contribution in [0.1, 0.15) is 24.2 Å².